The van der Waals surface area contributed by atoms with E-state index in [-0.39, 0.29) is 30.7 Å². The molecule has 1 amide bonds. The highest BCUT2D eigenvalue weighted by Crippen LogP contribution is 2.19. The topological polar surface area (TPSA) is 76.1 Å². The summed E-state index contributed by atoms with van der Waals surface area (Å²) in [5.41, 5.74) is 0.569. The van der Waals surface area contributed by atoms with E-state index in [1.54, 1.807) is 36.7 Å². The summed E-state index contributed by atoms with van der Waals surface area (Å²) in [6.45, 7) is 1.68. The summed E-state index contributed by atoms with van der Waals surface area (Å²) in [6.07, 6.45) is 6.94. The number of amides is 1. The minimum absolute atomic E-state index is 0. The summed E-state index contributed by atoms with van der Waals surface area (Å²) in [7, 11) is 0. The minimum atomic E-state index is -0.0988. The van der Waals surface area contributed by atoms with E-state index in [1.807, 2.05) is 0 Å². The molecular weight excluding hydrogens is 351 g/mol. The van der Waals surface area contributed by atoms with Crippen molar-refractivity contribution in [1.29, 1.82) is 0 Å². The molecule has 0 spiro atoms. The zero-order valence-corrected chi connectivity index (χ0v) is 14.6. The molecule has 2 heterocycles. The maximum atomic E-state index is 12.2. The third kappa shape index (κ3) is 5.63. The van der Waals surface area contributed by atoms with Crippen LogP contribution in [0.5, 0.6) is 11.6 Å². The number of carbonyl (C=O) groups is 1. The summed E-state index contributed by atoms with van der Waals surface area (Å²) >= 11 is 0. The van der Waals surface area contributed by atoms with Crippen LogP contribution in [0.2, 0.25) is 0 Å². The Bertz CT molecular complexity index is 637. The normalized spacial score (nSPS) is 15.8. The van der Waals surface area contributed by atoms with Gasteiger partial charge in [-0.3, -0.25) is 9.78 Å². The summed E-state index contributed by atoms with van der Waals surface area (Å²) in [5, 5.41) is 6.30. The number of ether oxygens (including phenoxy) is 1. The van der Waals surface area contributed by atoms with E-state index in [4.69, 9.17) is 4.74 Å². The first kappa shape index (κ1) is 20.2. The molecule has 1 atom stereocenters. The first-order chi connectivity index (χ1) is 10.8. The summed E-state index contributed by atoms with van der Waals surface area (Å²) in [5.74, 6) is 0.862. The molecule has 1 aromatic heterocycles. The zero-order valence-electron chi connectivity index (χ0n) is 13.0. The van der Waals surface area contributed by atoms with Crippen LogP contribution in [-0.4, -0.2) is 35.0 Å². The van der Waals surface area contributed by atoms with Gasteiger partial charge in [0.1, 0.15) is 5.75 Å². The van der Waals surface area contributed by atoms with Crippen LogP contribution in [0, 0.1) is 0 Å². The third-order valence-corrected chi connectivity index (χ3v) is 3.53. The maximum absolute atomic E-state index is 12.2. The van der Waals surface area contributed by atoms with E-state index in [1.165, 1.54) is 12.6 Å². The standard InChI is InChI=1S/C16H18N4O2.2ClH/c21-16(20-10-13-4-2-6-18-13)12-3-1-5-14(9-12)22-15-11-17-7-8-19-15;;/h1,3,5,7-9,11,13,18H,2,4,6,10H2,(H,20,21);2*1H. The Kier molecular flexibility index (Phi) is 8.46. The zero-order chi connectivity index (χ0) is 15.2. The molecule has 0 saturated carbocycles. The largest absolute Gasteiger partial charge is 0.437 e. The van der Waals surface area contributed by atoms with Gasteiger partial charge < -0.3 is 15.4 Å². The molecule has 130 valence electrons. The number of carbonyl (C=O) groups excluding carboxylic acids is 1. The van der Waals surface area contributed by atoms with Gasteiger partial charge in [0.15, 0.2) is 0 Å². The molecule has 1 unspecified atom stereocenters. The van der Waals surface area contributed by atoms with Crippen LogP contribution in [0.4, 0.5) is 0 Å². The Morgan fingerprint density at radius 3 is 2.92 bits per heavy atom. The van der Waals surface area contributed by atoms with Crippen molar-refractivity contribution in [2.24, 2.45) is 0 Å². The average molecular weight is 371 g/mol. The highest BCUT2D eigenvalue weighted by atomic mass is 35.5. The van der Waals surface area contributed by atoms with Crippen molar-refractivity contribution in [3.8, 4) is 11.6 Å². The number of aromatic nitrogens is 2. The quantitative estimate of drug-likeness (QED) is 0.845. The van der Waals surface area contributed by atoms with Crippen molar-refractivity contribution in [2.75, 3.05) is 13.1 Å². The molecule has 2 N–H and O–H groups in total. The van der Waals surface area contributed by atoms with E-state index in [9.17, 15) is 4.79 Å². The van der Waals surface area contributed by atoms with Crippen molar-refractivity contribution in [3.63, 3.8) is 0 Å². The molecule has 8 heteroatoms. The lowest BCUT2D eigenvalue weighted by Gasteiger charge is -2.12. The van der Waals surface area contributed by atoms with Crippen molar-refractivity contribution in [1.82, 2.24) is 20.6 Å². The van der Waals surface area contributed by atoms with Gasteiger partial charge in [-0.05, 0) is 37.6 Å². The average Bonchev–Trinajstić information content (AvgIpc) is 3.07. The number of nitrogens with one attached hydrogen (secondary N) is 2. The van der Waals surface area contributed by atoms with Crippen LogP contribution in [-0.2, 0) is 0 Å². The van der Waals surface area contributed by atoms with Crippen LogP contribution in [0.3, 0.4) is 0 Å². The van der Waals surface area contributed by atoms with Gasteiger partial charge in [-0.1, -0.05) is 6.07 Å². The molecule has 1 aromatic carbocycles. The van der Waals surface area contributed by atoms with E-state index in [0.29, 0.717) is 29.8 Å². The van der Waals surface area contributed by atoms with Crippen molar-refractivity contribution < 1.29 is 9.53 Å². The second-order valence-corrected chi connectivity index (χ2v) is 5.18. The molecule has 24 heavy (non-hydrogen) atoms. The molecule has 0 aliphatic carbocycles. The molecule has 1 aliphatic rings. The number of benzene rings is 1. The molecule has 0 radical (unpaired) electrons. The molecule has 1 aliphatic heterocycles. The van der Waals surface area contributed by atoms with Crippen molar-refractivity contribution in [3.05, 3.63) is 48.4 Å². The molecule has 2 aromatic rings. The number of hydrogen-bond acceptors (Lipinski definition) is 5. The van der Waals surface area contributed by atoms with E-state index < -0.39 is 0 Å². The van der Waals surface area contributed by atoms with Gasteiger partial charge in [-0.15, -0.1) is 24.8 Å². The lowest BCUT2D eigenvalue weighted by atomic mass is 10.2. The fraction of sp³-hybridized carbons (Fsp3) is 0.312. The predicted octanol–water partition coefficient (Wildman–Crippen LogP) is 2.59. The minimum Gasteiger partial charge on any atom is -0.437 e. The van der Waals surface area contributed by atoms with Crippen molar-refractivity contribution in [2.45, 2.75) is 18.9 Å². The lowest BCUT2D eigenvalue weighted by Crippen LogP contribution is -2.37. The highest BCUT2D eigenvalue weighted by molar-refractivity contribution is 5.94. The van der Waals surface area contributed by atoms with Crippen LogP contribution in [0.25, 0.3) is 0 Å². The smallest absolute Gasteiger partial charge is 0.251 e. The maximum Gasteiger partial charge on any atom is 0.251 e. The number of rotatable bonds is 5. The van der Waals surface area contributed by atoms with E-state index in [2.05, 4.69) is 20.6 Å². The SMILES string of the molecule is Cl.Cl.O=C(NCC1CCCN1)c1cccc(Oc2cnccn2)c1. The Hall–Kier alpha value is -1.89. The van der Waals surface area contributed by atoms with Gasteiger partial charge >= 0.3 is 0 Å². The summed E-state index contributed by atoms with van der Waals surface area (Å²) in [4.78, 5) is 20.2. The van der Waals surface area contributed by atoms with Gasteiger partial charge in [-0.25, -0.2) is 4.98 Å². The van der Waals surface area contributed by atoms with E-state index in [0.717, 1.165) is 13.0 Å². The third-order valence-electron chi connectivity index (χ3n) is 3.53. The van der Waals surface area contributed by atoms with Gasteiger partial charge in [0, 0.05) is 30.5 Å². The van der Waals surface area contributed by atoms with Crippen LogP contribution in [0.15, 0.2) is 42.9 Å². The van der Waals surface area contributed by atoms with Gasteiger partial charge in [0.2, 0.25) is 5.88 Å². The monoisotopic (exact) mass is 370 g/mol. The molecular formula is C16H20Cl2N4O2. The molecule has 0 bridgehead atoms. The lowest BCUT2D eigenvalue weighted by molar-refractivity contribution is 0.0950. The van der Waals surface area contributed by atoms with Crippen molar-refractivity contribution >= 4 is 30.7 Å². The number of halogens is 2. The van der Waals surface area contributed by atoms with E-state index >= 15 is 0 Å². The number of hydrogen-bond donors (Lipinski definition) is 2. The second kappa shape index (κ2) is 10.1. The predicted molar refractivity (Wildman–Crippen MR) is 96.4 cm³/mol. The molecule has 1 saturated heterocycles. The Balaban J connectivity index is 0.00000144. The van der Waals surface area contributed by atoms with Gasteiger partial charge in [0.05, 0.1) is 6.20 Å². The fourth-order valence-electron chi connectivity index (χ4n) is 2.41. The van der Waals surface area contributed by atoms with Gasteiger partial charge in [-0.2, -0.15) is 0 Å². The first-order valence-electron chi connectivity index (χ1n) is 7.37. The second-order valence-electron chi connectivity index (χ2n) is 5.18. The highest BCUT2D eigenvalue weighted by Gasteiger charge is 2.15. The molecule has 1 fully saturated rings. The summed E-state index contributed by atoms with van der Waals surface area (Å²) in [6, 6.07) is 7.41. The summed E-state index contributed by atoms with van der Waals surface area (Å²) < 4.78 is 5.58. The Morgan fingerprint density at radius 2 is 2.21 bits per heavy atom. The molecule has 3 rings (SSSR count). The van der Waals surface area contributed by atoms with Crippen LogP contribution >= 0.6 is 24.8 Å². The van der Waals surface area contributed by atoms with Crippen LogP contribution < -0.4 is 15.4 Å². The Labute approximate surface area is 153 Å². The Morgan fingerprint density at radius 1 is 1.33 bits per heavy atom. The fourth-order valence-corrected chi connectivity index (χ4v) is 2.41. The molecule has 6 nitrogen and oxygen atoms in total. The van der Waals surface area contributed by atoms with Gasteiger partial charge in [0.25, 0.3) is 5.91 Å². The first-order valence-corrected chi connectivity index (χ1v) is 7.37. The number of nitrogens with zero attached hydrogens (tertiary/aromatic N) is 2. The van der Waals surface area contributed by atoms with Crippen LogP contribution in [0.1, 0.15) is 23.2 Å².